The van der Waals surface area contributed by atoms with E-state index in [1.54, 1.807) is 12.1 Å². The van der Waals surface area contributed by atoms with Crippen molar-refractivity contribution in [2.24, 2.45) is 4.99 Å². The Bertz CT molecular complexity index is 958. The Kier molecular flexibility index (Phi) is 5.68. The molecule has 0 N–H and O–H groups in total. The number of thiazole rings is 1. The summed E-state index contributed by atoms with van der Waals surface area (Å²) in [7, 11) is 0. The zero-order chi connectivity index (χ0) is 17.8. The Labute approximate surface area is 155 Å². The minimum Gasteiger partial charge on any atom is -0.380 e. The molecule has 2 aromatic carbocycles. The minimum absolute atomic E-state index is 0.257. The first-order valence-corrected chi connectivity index (χ1v) is 9.31. The van der Waals surface area contributed by atoms with E-state index in [1.165, 1.54) is 11.3 Å². The standard InChI is InChI=1S/C19H19ClN2O2S/c1-3-24-12-11-22-17-15(20)5-4-6-16(17)25-19(22)21-18(23)14-9-7-13(2)8-10-14/h4-10H,3,11-12H2,1-2H3. The molecule has 0 saturated heterocycles. The number of nitrogens with zero attached hydrogens (tertiary/aromatic N) is 2. The first-order chi connectivity index (χ1) is 12.1. The highest BCUT2D eigenvalue weighted by Crippen LogP contribution is 2.25. The van der Waals surface area contributed by atoms with E-state index in [0.717, 1.165) is 15.8 Å². The van der Waals surface area contributed by atoms with Gasteiger partial charge >= 0.3 is 0 Å². The lowest BCUT2D eigenvalue weighted by molar-refractivity contribution is 0.0996. The number of benzene rings is 2. The van der Waals surface area contributed by atoms with Crippen molar-refractivity contribution >= 4 is 39.1 Å². The zero-order valence-corrected chi connectivity index (χ0v) is 15.7. The number of hydrogen-bond acceptors (Lipinski definition) is 3. The monoisotopic (exact) mass is 374 g/mol. The van der Waals surface area contributed by atoms with E-state index < -0.39 is 0 Å². The molecule has 130 valence electrons. The van der Waals surface area contributed by atoms with E-state index in [1.807, 2.05) is 48.7 Å². The minimum atomic E-state index is -0.257. The summed E-state index contributed by atoms with van der Waals surface area (Å²) in [4.78, 5) is 17.5. The number of fused-ring (bicyclic) bond motifs is 1. The third kappa shape index (κ3) is 4.00. The van der Waals surface area contributed by atoms with E-state index in [2.05, 4.69) is 4.99 Å². The number of aryl methyl sites for hydroxylation is 1. The van der Waals surface area contributed by atoms with Crippen LogP contribution in [-0.2, 0) is 11.3 Å². The van der Waals surface area contributed by atoms with E-state index in [0.29, 0.717) is 35.1 Å². The maximum absolute atomic E-state index is 12.5. The second kappa shape index (κ2) is 7.95. The fourth-order valence-corrected chi connectivity index (χ4v) is 3.94. The van der Waals surface area contributed by atoms with Crippen molar-refractivity contribution in [2.75, 3.05) is 13.2 Å². The molecule has 0 aliphatic rings. The fourth-order valence-electron chi connectivity index (χ4n) is 2.53. The van der Waals surface area contributed by atoms with Gasteiger partial charge in [0.05, 0.1) is 21.8 Å². The van der Waals surface area contributed by atoms with Crippen LogP contribution in [0.4, 0.5) is 0 Å². The van der Waals surface area contributed by atoms with Crippen LogP contribution in [0.3, 0.4) is 0 Å². The molecule has 4 nitrogen and oxygen atoms in total. The van der Waals surface area contributed by atoms with E-state index >= 15 is 0 Å². The summed E-state index contributed by atoms with van der Waals surface area (Å²) < 4.78 is 8.43. The highest BCUT2D eigenvalue weighted by atomic mass is 35.5. The molecule has 0 aliphatic heterocycles. The SMILES string of the molecule is CCOCCn1c(=NC(=O)c2ccc(C)cc2)sc2cccc(Cl)c21. The predicted octanol–water partition coefficient (Wildman–Crippen LogP) is 4.44. The lowest BCUT2D eigenvalue weighted by Gasteiger charge is -2.06. The third-order valence-corrected chi connectivity index (χ3v) is 5.16. The average molecular weight is 375 g/mol. The molecule has 6 heteroatoms. The van der Waals surface area contributed by atoms with Gasteiger partial charge in [0, 0.05) is 18.7 Å². The molecule has 0 atom stereocenters. The van der Waals surface area contributed by atoms with Crippen molar-refractivity contribution < 1.29 is 9.53 Å². The van der Waals surface area contributed by atoms with Crippen LogP contribution in [0.1, 0.15) is 22.8 Å². The van der Waals surface area contributed by atoms with Gasteiger partial charge < -0.3 is 9.30 Å². The molecule has 0 fully saturated rings. The van der Waals surface area contributed by atoms with Gasteiger partial charge in [0.2, 0.25) is 0 Å². The summed E-state index contributed by atoms with van der Waals surface area (Å²) in [5.41, 5.74) is 2.58. The van der Waals surface area contributed by atoms with Crippen molar-refractivity contribution in [1.82, 2.24) is 4.57 Å². The number of aromatic nitrogens is 1. The van der Waals surface area contributed by atoms with E-state index in [9.17, 15) is 4.79 Å². The van der Waals surface area contributed by atoms with Gasteiger partial charge in [0.1, 0.15) is 0 Å². The normalized spacial score (nSPS) is 12.0. The van der Waals surface area contributed by atoms with Gasteiger partial charge in [-0.25, -0.2) is 0 Å². The number of para-hydroxylation sites is 1. The summed E-state index contributed by atoms with van der Waals surface area (Å²) in [6.07, 6.45) is 0. The van der Waals surface area contributed by atoms with Crippen LogP contribution in [0.5, 0.6) is 0 Å². The number of rotatable bonds is 5. The van der Waals surface area contributed by atoms with Crippen molar-refractivity contribution in [3.8, 4) is 0 Å². The van der Waals surface area contributed by atoms with E-state index in [4.69, 9.17) is 16.3 Å². The summed E-state index contributed by atoms with van der Waals surface area (Å²) in [5, 5.41) is 0.648. The molecule has 0 aliphatic carbocycles. The highest BCUT2D eigenvalue weighted by Gasteiger charge is 2.11. The lowest BCUT2D eigenvalue weighted by atomic mass is 10.1. The Hall–Kier alpha value is -1.95. The topological polar surface area (TPSA) is 43.6 Å². The first kappa shape index (κ1) is 17.9. The van der Waals surface area contributed by atoms with Crippen molar-refractivity contribution in [1.29, 1.82) is 0 Å². The molecule has 1 heterocycles. The van der Waals surface area contributed by atoms with E-state index in [-0.39, 0.29) is 5.91 Å². The number of ether oxygens (including phenoxy) is 1. The molecular weight excluding hydrogens is 356 g/mol. The summed E-state index contributed by atoms with van der Waals surface area (Å²) in [5.74, 6) is -0.257. The largest absolute Gasteiger partial charge is 0.380 e. The molecule has 3 rings (SSSR count). The second-order valence-corrected chi connectivity index (χ2v) is 7.02. The Morgan fingerprint density at radius 3 is 2.72 bits per heavy atom. The number of carbonyl (C=O) groups excluding carboxylic acids is 1. The lowest BCUT2D eigenvalue weighted by Crippen LogP contribution is -2.20. The molecule has 0 bridgehead atoms. The molecular formula is C19H19ClN2O2S. The summed E-state index contributed by atoms with van der Waals surface area (Å²) in [6.45, 7) is 5.72. The van der Waals surface area contributed by atoms with Crippen LogP contribution in [0, 0.1) is 6.92 Å². The van der Waals surface area contributed by atoms with Crippen LogP contribution >= 0.6 is 22.9 Å². The summed E-state index contributed by atoms with van der Waals surface area (Å²) >= 11 is 7.84. The van der Waals surface area contributed by atoms with Gasteiger partial charge in [0.15, 0.2) is 4.80 Å². The molecule has 3 aromatic rings. The van der Waals surface area contributed by atoms with Crippen LogP contribution in [0.25, 0.3) is 10.2 Å². The van der Waals surface area contributed by atoms with Crippen LogP contribution in [0.2, 0.25) is 5.02 Å². The van der Waals surface area contributed by atoms with Gasteiger partial charge in [-0.15, -0.1) is 0 Å². The number of hydrogen-bond donors (Lipinski definition) is 0. The van der Waals surface area contributed by atoms with Gasteiger partial charge in [-0.2, -0.15) is 4.99 Å². The van der Waals surface area contributed by atoms with Gasteiger partial charge in [-0.3, -0.25) is 4.79 Å². The van der Waals surface area contributed by atoms with Crippen LogP contribution < -0.4 is 4.80 Å². The van der Waals surface area contributed by atoms with Crippen molar-refractivity contribution in [3.63, 3.8) is 0 Å². The number of halogens is 1. The second-order valence-electron chi connectivity index (χ2n) is 5.60. The smallest absolute Gasteiger partial charge is 0.279 e. The highest BCUT2D eigenvalue weighted by molar-refractivity contribution is 7.16. The van der Waals surface area contributed by atoms with Crippen LogP contribution in [-0.4, -0.2) is 23.7 Å². The Morgan fingerprint density at radius 1 is 1.24 bits per heavy atom. The Balaban J connectivity index is 2.07. The molecule has 0 radical (unpaired) electrons. The van der Waals surface area contributed by atoms with Crippen molar-refractivity contribution in [2.45, 2.75) is 20.4 Å². The fraction of sp³-hybridized carbons (Fsp3) is 0.263. The van der Waals surface area contributed by atoms with Crippen molar-refractivity contribution in [3.05, 3.63) is 63.4 Å². The van der Waals surface area contributed by atoms with Gasteiger partial charge in [-0.05, 0) is 38.1 Å². The number of carbonyl (C=O) groups is 1. The molecule has 0 spiro atoms. The third-order valence-electron chi connectivity index (χ3n) is 3.81. The number of amides is 1. The zero-order valence-electron chi connectivity index (χ0n) is 14.2. The maximum Gasteiger partial charge on any atom is 0.279 e. The quantitative estimate of drug-likeness (QED) is 0.619. The molecule has 25 heavy (non-hydrogen) atoms. The first-order valence-electron chi connectivity index (χ1n) is 8.11. The summed E-state index contributed by atoms with van der Waals surface area (Å²) in [6, 6.07) is 13.1. The average Bonchev–Trinajstić information content (AvgIpc) is 2.94. The molecule has 0 unspecified atom stereocenters. The molecule has 1 amide bonds. The maximum atomic E-state index is 12.5. The predicted molar refractivity (Wildman–Crippen MR) is 102 cm³/mol. The van der Waals surface area contributed by atoms with Gasteiger partial charge in [-0.1, -0.05) is 46.7 Å². The Morgan fingerprint density at radius 2 is 2.00 bits per heavy atom. The van der Waals surface area contributed by atoms with Crippen LogP contribution in [0.15, 0.2) is 47.5 Å². The molecule has 0 saturated carbocycles. The molecule has 1 aromatic heterocycles. The van der Waals surface area contributed by atoms with Gasteiger partial charge in [0.25, 0.3) is 5.91 Å².